The first kappa shape index (κ1) is 17.6. The molecule has 1 fully saturated rings. The van der Waals surface area contributed by atoms with E-state index in [1.165, 1.54) is 8.87 Å². The van der Waals surface area contributed by atoms with Gasteiger partial charge in [0, 0.05) is 0 Å². The third-order valence-electron chi connectivity index (χ3n) is 5.23. The Kier molecular flexibility index (Phi) is 4.43. The molecule has 1 aliphatic heterocycles. The molecule has 3 heterocycles. The van der Waals surface area contributed by atoms with Gasteiger partial charge in [-0.15, -0.1) is 0 Å². The molecule has 0 bridgehead atoms. The second kappa shape index (κ2) is 6.81. The molecule has 2 aromatic heterocycles. The molecule has 5 rings (SSSR count). The minimum absolute atomic E-state index is 0.257. The van der Waals surface area contributed by atoms with E-state index in [1.807, 2.05) is 12.1 Å². The van der Waals surface area contributed by atoms with Crippen LogP contribution in [0.1, 0.15) is 20.0 Å². The molecule has 27 heavy (non-hydrogen) atoms. The molecular formula is C23H16OSSe2. The normalized spacial score (nSPS) is 17.4. The summed E-state index contributed by atoms with van der Waals surface area (Å²) in [5.74, 6) is 0. The first-order valence-corrected chi connectivity index (χ1v) is 13.2. The van der Waals surface area contributed by atoms with Gasteiger partial charge in [0.15, 0.2) is 0 Å². The Morgan fingerprint density at radius 3 is 1.48 bits per heavy atom. The topological polar surface area (TPSA) is 17.1 Å². The first-order chi connectivity index (χ1) is 13.3. The van der Waals surface area contributed by atoms with E-state index in [0.29, 0.717) is 0 Å². The van der Waals surface area contributed by atoms with Crippen molar-refractivity contribution < 1.29 is 4.79 Å². The molecule has 0 N–H and O–H groups in total. The van der Waals surface area contributed by atoms with E-state index in [0.717, 1.165) is 11.1 Å². The Bertz CT molecular complexity index is 981. The van der Waals surface area contributed by atoms with Crippen LogP contribution in [0.15, 0.2) is 94.8 Å². The van der Waals surface area contributed by atoms with Crippen molar-refractivity contribution in [1.82, 2.24) is 0 Å². The van der Waals surface area contributed by atoms with Crippen LogP contribution in [0.25, 0.3) is 0 Å². The van der Waals surface area contributed by atoms with Gasteiger partial charge in [-0.2, -0.15) is 0 Å². The van der Waals surface area contributed by atoms with Crippen LogP contribution in [0, 0.1) is 0 Å². The molecule has 4 aromatic rings. The Labute approximate surface area is 174 Å². The molecule has 1 saturated heterocycles. The van der Waals surface area contributed by atoms with Gasteiger partial charge in [-0.05, 0) is 0 Å². The van der Waals surface area contributed by atoms with Crippen molar-refractivity contribution in [3.05, 3.63) is 115 Å². The number of hydrogen-bond donors (Lipinski definition) is 0. The van der Waals surface area contributed by atoms with E-state index >= 15 is 0 Å². The molecule has 0 unspecified atom stereocenters. The molecule has 0 atom stereocenters. The van der Waals surface area contributed by atoms with E-state index in [4.69, 9.17) is 0 Å². The fourth-order valence-electron chi connectivity index (χ4n) is 4.12. The van der Waals surface area contributed by atoms with Crippen LogP contribution in [-0.4, -0.2) is 34.1 Å². The van der Waals surface area contributed by atoms with Gasteiger partial charge >= 0.3 is 176 Å². The molecule has 0 saturated carbocycles. The van der Waals surface area contributed by atoms with Gasteiger partial charge in [-0.3, -0.25) is 0 Å². The minimum atomic E-state index is -0.653. The SMILES string of the molecule is O=C1SC(c2ccc[se]2)(c2ccc[se]2)C1(c1ccccc1)c1ccccc1. The average molecular weight is 498 g/mol. The summed E-state index contributed by atoms with van der Waals surface area (Å²) in [6, 6.07) is 29.6. The summed E-state index contributed by atoms with van der Waals surface area (Å²) in [6.45, 7) is 0. The van der Waals surface area contributed by atoms with Gasteiger partial charge < -0.3 is 0 Å². The van der Waals surface area contributed by atoms with Crippen LogP contribution >= 0.6 is 11.8 Å². The fourth-order valence-corrected chi connectivity index (χ4v) is 10.7. The summed E-state index contributed by atoms with van der Waals surface area (Å²) < 4.78 is 2.51. The number of hydrogen-bond acceptors (Lipinski definition) is 2. The summed E-state index contributed by atoms with van der Waals surface area (Å²) in [4.78, 5) is 18.1. The van der Waals surface area contributed by atoms with Crippen molar-refractivity contribution in [2.45, 2.75) is 10.2 Å². The standard InChI is InChI=1S/C23H16OSSe2/c24-21-22(17-9-3-1-4-10-17,18-11-5-2-6-12-18)23(25-21,19-13-7-15-26-19)20-14-8-16-27-20/h1-16H. The average Bonchev–Trinajstić information content (AvgIpc) is 3.42. The molecule has 1 nitrogen and oxygen atoms in total. The second-order valence-corrected chi connectivity index (χ2v) is 11.7. The Morgan fingerprint density at radius 1 is 0.630 bits per heavy atom. The number of benzene rings is 2. The van der Waals surface area contributed by atoms with Crippen LogP contribution in [0.4, 0.5) is 0 Å². The van der Waals surface area contributed by atoms with Crippen LogP contribution < -0.4 is 0 Å². The number of rotatable bonds is 4. The zero-order valence-corrected chi connectivity index (χ0v) is 18.6. The van der Waals surface area contributed by atoms with Gasteiger partial charge in [-0.25, -0.2) is 0 Å². The Morgan fingerprint density at radius 2 is 1.11 bits per heavy atom. The van der Waals surface area contributed by atoms with Crippen molar-refractivity contribution >= 4 is 45.9 Å². The molecule has 4 heteroatoms. The molecular weight excluding hydrogens is 482 g/mol. The van der Waals surface area contributed by atoms with Crippen LogP contribution in [-0.2, 0) is 15.0 Å². The van der Waals surface area contributed by atoms with Crippen LogP contribution in [0.3, 0.4) is 0 Å². The van der Waals surface area contributed by atoms with Crippen LogP contribution in [0.5, 0.6) is 0 Å². The zero-order valence-electron chi connectivity index (χ0n) is 14.4. The molecule has 0 amide bonds. The van der Waals surface area contributed by atoms with E-state index in [9.17, 15) is 4.79 Å². The summed E-state index contributed by atoms with van der Waals surface area (Å²) in [5.41, 5.74) is 1.55. The van der Waals surface area contributed by atoms with Gasteiger partial charge in [0.25, 0.3) is 0 Å². The summed E-state index contributed by atoms with van der Waals surface area (Å²) >= 11 is 2.10. The molecule has 0 aliphatic carbocycles. The van der Waals surface area contributed by atoms with E-state index < -0.39 is 5.41 Å². The number of thioether (sulfide) groups is 1. The number of carbonyl (C=O) groups is 1. The van der Waals surface area contributed by atoms with E-state index in [1.54, 1.807) is 11.8 Å². The summed E-state index contributed by atoms with van der Waals surface area (Å²) in [5, 5.41) is 0.257. The maximum atomic E-state index is 13.6. The summed E-state index contributed by atoms with van der Waals surface area (Å²) in [6.07, 6.45) is 0. The zero-order chi connectivity index (χ0) is 18.3. The fraction of sp³-hybridized carbons (Fsp3) is 0.0870. The van der Waals surface area contributed by atoms with E-state index in [-0.39, 0.29) is 38.9 Å². The molecule has 1 aliphatic rings. The van der Waals surface area contributed by atoms with Gasteiger partial charge in [-0.1, -0.05) is 0 Å². The number of carbonyl (C=O) groups excluding carboxylic acids is 1. The summed E-state index contributed by atoms with van der Waals surface area (Å²) in [7, 11) is 0. The van der Waals surface area contributed by atoms with Gasteiger partial charge in [0.2, 0.25) is 0 Å². The van der Waals surface area contributed by atoms with Crippen molar-refractivity contribution in [2.75, 3.05) is 0 Å². The molecule has 132 valence electrons. The first-order valence-electron chi connectivity index (χ1n) is 8.72. The maximum absolute atomic E-state index is 13.6. The van der Waals surface area contributed by atoms with Crippen molar-refractivity contribution in [1.29, 1.82) is 0 Å². The van der Waals surface area contributed by atoms with Gasteiger partial charge in [0.1, 0.15) is 0 Å². The van der Waals surface area contributed by atoms with E-state index in [2.05, 4.69) is 82.7 Å². The van der Waals surface area contributed by atoms with Crippen molar-refractivity contribution in [2.24, 2.45) is 0 Å². The predicted octanol–water partition coefficient (Wildman–Crippen LogP) is 4.30. The van der Waals surface area contributed by atoms with Crippen molar-refractivity contribution in [3.63, 3.8) is 0 Å². The third kappa shape index (κ3) is 2.35. The van der Waals surface area contributed by atoms with Crippen molar-refractivity contribution in [3.8, 4) is 0 Å². The molecule has 0 radical (unpaired) electrons. The predicted molar refractivity (Wildman–Crippen MR) is 114 cm³/mol. The Hall–Kier alpha value is -1.54. The molecule has 2 aromatic carbocycles. The third-order valence-corrected chi connectivity index (χ3v) is 11.5. The second-order valence-electron chi connectivity index (χ2n) is 6.51. The molecule has 0 spiro atoms. The Balaban J connectivity index is 1.90. The van der Waals surface area contributed by atoms with Gasteiger partial charge in [0.05, 0.1) is 0 Å². The van der Waals surface area contributed by atoms with Crippen LogP contribution in [0.2, 0.25) is 0 Å². The monoisotopic (exact) mass is 500 g/mol. The quantitative estimate of drug-likeness (QED) is 0.391.